The molecule has 0 aromatic heterocycles. The van der Waals surface area contributed by atoms with E-state index in [9.17, 15) is 20.2 Å². The van der Waals surface area contributed by atoms with Crippen molar-refractivity contribution in [2.75, 3.05) is 5.32 Å². The van der Waals surface area contributed by atoms with Gasteiger partial charge < -0.3 is 5.32 Å². The van der Waals surface area contributed by atoms with Gasteiger partial charge in [0.05, 0.1) is 4.92 Å². The number of anilines is 1. The molecule has 0 unspecified atom stereocenters. The highest BCUT2D eigenvalue weighted by molar-refractivity contribution is 9.10. The summed E-state index contributed by atoms with van der Waals surface area (Å²) < 4.78 is 0.794. The van der Waals surface area contributed by atoms with Gasteiger partial charge in [-0.15, -0.1) is 0 Å². The van der Waals surface area contributed by atoms with E-state index in [0.29, 0.717) is 5.56 Å². The zero-order valence-corrected chi connectivity index (χ0v) is 14.3. The lowest BCUT2D eigenvalue weighted by atomic mass is 10.1. The molecule has 0 fully saturated rings. The third-order valence-corrected chi connectivity index (χ3v) is 3.66. The lowest BCUT2D eigenvalue weighted by Crippen LogP contribution is -2.14. The molecular weight excluding hydrogens is 398 g/mol. The number of nitro benzene ring substituents is 1. The van der Waals surface area contributed by atoms with Crippen LogP contribution in [0.3, 0.4) is 0 Å². The van der Waals surface area contributed by atoms with Crippen LogP contribution in [-0.2, 0) is 4.79 Å². The van der Waals surface area contributed by atoms with Gasteiger partial charge in [0.15, 0.2) is 0 Å². The molecule has 0 radical (unpaired) electrons. The summed E-state index contributed by atoms with van der Waals surface area (Å²) in [5, 5.41) is 22.8. The minimum Gasteiger partial charge on any atom is -0.316 e. The normalized spacial score (nSPS) is 10.8. The van der Waals surface area contributed by atoms with Crippen molar-refractivity contribution in [2.45, 2.75) is 0 Å². The van der Waals surface area contributed by atoms with Crippen molar-refractivity contribution in [1.82, 2.24) is 0 Å². The molecule has 24 heavy (non-hydrogen) atoms. The van der Waals surface area contributed by atoms with Gasteiger partial charge in [-0.1, -0.05) is 39.7 Å². The highest BCUT2D eigenvalue weighted by atomic mass is 79.9. The zero-order valence-electron chi connectivity index (χ0n) is 12.0. The topological polar surface area (TPSA) is 96.0 Å². The van der Waals surface area contributed by atoms with Crippen LogP contribution in [0.5, 0.6) is 0 Å². The molecule has 6 nitrogen and oxygen atoms in total. The average Bonchev–Trinajstić information content (AvgIpc) is 2.54. The molecule has 0 atom stereocenters. The van der Waals surface area contributed by atoms with Gasteiger partial charge >= 0.3 is 0 Å². The van der Waals surface area contributed by atoms with Crippen molar-refractivity contribution in [3.63, 3.8) is 0 Å². The Hall–Kier alpha value is -2.69. The van der Waals surface area contributed by atoms with Gasteiger partial charge in [0.25, 0.3) is 11.6 Å². The van der Waals surface area contributed by atoms with Crippen LogP contribution in [0.4, 0.5) is 11.4 Å². The first-order valence-electron chi connectivity index (χ1n) is 6.53. The van der Waals surface area contributed by atoms with Crippen LogP contribution in [-0.4, -0.2) is 10.8 Å². The van der Waals surface area contributed by atoms with Crippen LogP contribution in [0.15, 0.2) is 52.5 Å². The summed E-state index contributed by atoms with van der Waals surface area (Å²) in [6, 6.07) is 12.7. The molecule has 0 heterocycles. The predicted molar refractivity (Wildman–Crippen MR) is 94.5 cm³/mol. The Balaban J connectivity index is 2.31. The first-order valence-corrected chi connectivity index (χ1v) is 7.70. The Morgan fingerprint density at radius 1 is 1.33 bits per heavy atom. The SMILES string of the molecule is N#CC(=Cc1cccc(Br)c1)C(=O)Nc1ccc(Cl)cc1[N+](=O)[O-]. The van der Waals surface area contributed by atoms with E-state index in [0.717, 1.165) is 10.5 Å². The lowest BCUT2D eigenvalue weighted by Gasteiger charge is -2.06. The molecule has 120 valence electrons. The van der Waals surface area contributed by atoms with E-state index in [-0.39, 0.29) is 22.0 Å². The highest BCUT2D eigenvalue weighted by Crippen LogP contribution is 2.28. The predicted octanol–water partition coefficient (Wildman–Crippen LogP) is 4.56. The maximum atomic E-state index is 12.2. The van der Waals surface area contributed by atoms with E-state index in [4.69, 9.17) is 11.6 Å². The Morgan fingerprint density at radius 2 is 2.08 bits per heavy atom. The number of nitro groups is 1. The van der Waals surface area contributed by atoms with E-state index >= 15 is 0 Å². The minimum atomic E-state index is -0.747. The molecular formula is C16H9BrClN3O3. The van der Waals surface area contributed by atoms with Gasteiger partial charge in [0.1, 0.15) is 17.3 Å². The summed E-state index contributed by atoms with van der Waals surface area (Å²) in [5.74, 6) is -0.747. The highest BCUT2D eigenvalue weighted by Gasteiger charge is 2.18. The van der Waals surface area contributed by atoms with E-state index in [1.165, 1.54) is 18.2 Å². The second kappa shape index (κ2) is 7.73. The number of carbonyl (C=O) groups excluding carboxylic acids is 1. The van der Waals surface area contributed by atoms with Crippen molar-refractivity contribution in [3.8, 4) is 6.07 Å². The average molecular weight is 407 g/mol. The largest absolute Gasteiger partial charge is 0.316 e. The van der Waals surface area contributed by atoms with Crippen LogP contribution in [0.1, 0.15) is 5.56 Å². The number of nitriles is 1. The Morgan fingerprint density at radius 3 is 2.71 bits per heavy atom. The molecule has 1 amide bonds. The first-order chi connectivity index (χ1) is 11.4. The van der Waals surface area contributed by atoms with Crippen molar-refractivity contribution in [3.05, 3.63) is 73.2 Å². The van der Waals surface area contributed by atoms with Crippen molar-refractivity contribution in [2.24, 2.45) is 0 Å². The zero-order chi connectivity index (χ0) is 17.7. The van der Waals surface area contributed by atoms with E-state index in [2.05, 4.69) is 21.2 Å². The molecule has 0 aliphatic heterocycles. The second-order valence-corrected chi connectivity index (χ2v) is 5.95. The van der Waals surface area contributed by atoms with Gasteiger partial charge in [-0.3, -0.25) is 14.9 Å². The van der Waals surface area contributed by atoms with Crippen LogP contribution in [0.2, 0.25) is 5.02 Å². The summed E-state index contributed by atoms with van der Waals surface area (Å²) in [6.07, 6.45) is 1.39. The van der Waals surface area contributed by atoms with Crippen LogP contribution in [0.25, 0.3) is 6.08 Å². The fraction of sp³-hybridized carbons (Fsp3) is 0. The molecule has 0 saturated carbocycles. The number of nitrogens with one attached hydrogen (secondary N) is 1. The van der Waals surface area contributed by atoms with Crippen molar-refractivity contribution < 1.29 is 9.72 Å². The first kappa shape index (κ1) is 17.7. The number of nitrogens with zero attached hydrogens (tertiary/aromatic N) is 2. The summed E-state index contributed by atoms with van der Waals surface area (Å²) in [6.45, 7) is 0. The standard InChI is InChI=1S/C16H9BrClN3O3/c17-12-3-1-2-10(7-12)6-11(9-19)16(22)20-14-5-4-13(18)8-15(14)21(23)24/h1-8H,(H,20,22). The third kappa shape index (κ3) is 4.41. The molecule has 0 saturated heterocycles. The molecule has 0 bridgehead atoms. The van der Waals surface area contributed by atoms with E-state index in [1.54, 1.807) is 30.3 Å². The molecule has 2 aromatic rings. The van der Waals surface area contributed by atoms with Crippen LogP contribution >= 0.6 is 27.5 Å². The minimum absolute atomic E-state index is 0.0372. The van der Waals surface area contributed by atoms with Gasteiger partial charge in [0.2, 0.25) is 0 Å². The quantitative estimate of drug-likeness (QED) is 0.348. The number of carbonyl (C=O) groups is 1. The summed E-state index contributed by atoms with van der Waals surface area (Å²) in [4.78, 5) is 22.6. The molecule has 0 spiro atoms. The van der Waals surface area contributed by atoms with Crippen molar-refractivity contribution in [1.29, 1.82) is 5.26 Å². The Labute approximate surface area is 150 Å². The van der Waals surface area contributed by atoms with E-state index < -0.39 is 10.8 Å². The fourth-order valence-electron chi connectivity index (χ4n) is 1.86. The number of amides is 1. The van der Waals surface area contributed by atoms with Crippen LogP contribution < -0.4 is 5.32 Å². The summed E-state index contributed by atoms with van der Waals surface area (Å²) in [5.41, 5.74) is 0.0689. The second-order valence-electron chi connectivity index (χ2n) is 4.60. The number of halogens is 2. The Bertz CT molecular complexity index is 890. The maximum Gasteiger partial charge on any atom is 0.294 e. The summed E-state index contributed by atoms with van der Waals surface area (Å²) >= 11 is 9.02. The van der Waals surface area contributed by atoms with Gasteiger partial charge in [0, 0.05) is 15.6 Å². The molecule has 2 rings (SSSR count). The van der Waals surface area contributed by atoms with Crippen molar-refractivity contribution >= 4 is 50.9 Å². The van der Waals surface area contributed by atoms with Gasteiger partial charge in [-0.2, -0.15) is 5.26 Å². The van der Waals surface area contributed by atoms with Gasteiger partial charge in [-0.25, -0.2) is 0 Å². The summed E-state index contributed by atoms with van der Waals surface area (Å²) in [7, 11) is 0. The Kier molecular flexibility index (Phi) is 5.68. The monoisotopic (exact) mass is 405 g/mol. The molecule has 2 aromatic carbocycles. The maximum absolute atomic E-state index is 12.2. The molecule has 8 heteroatoms. The smallest absolute Gasteiger partial charge is 0.294 e. The number of hydrogen-bond donors (Lipinski definition) is 1. The lowest BCUT2D eigenvalue weighted by molar-refractivity contribution is -0.383. The molecule has 1 N–H and O–H groups in total. The number of hydrogen-bond acceptors (Lipinski definition) is 4. The molecule has 0 aliphatic rings. The number of rotatable bonds is 4. The number of benzene rings is 2. The molecule has 0 aliphatic carbocycles. The van der Waals surface area contributed by atoms with E-state index in [1.807, 2.05) is 0 Å². The third-order valence-electron chi connectivity index (χ3n) is 2.93. The fourth-order valence-corrected chi connectivity index (χ4v) is 2.45. The van der Waals surface area contributed by atoms with Gasteiger partial charge in [-0.05, 0) is 35.9 Å². The van der Waals surface area contributed by atoms with Crippen LogP contribution in [0, 0.1) is 21.4 Å².